The van der Waals surface area contributed by atoms with Gasteiger partial charge in [0.25, 0.3) is 0 Å². The minimum Gasteiger partial charge on any atom is -0.396 e. The Morgan fingerprint density at radius 2 is 1.83 bits per heavy atom. The van der Waals surface area contributed by atoms with Crippen molar-refractivity contribution in [2.24, 2.45) is 17.8 Å². The summed E-state index contributed by atoms with van der Waals surface area (Å²) in [6.07, 6.45) is 9.70. The third-order valence-electron chi connectivity index (χ3n) is 6.00. The molecule has 1 saturated carbocycles. The lowest BCUT2D eigenvalue weighted by Crippen LogP contribution is -2.50. The van der Waals surface area contributed by atoms with Crippen LogP contribution in [0.4, 0.5) is 0 Å². The molecule has 3 heteroatoms. The van der Waals surface area contributed by atoms with Gasteiger partial charge in [-0.2, -0.15) is 0 Å². The lowest BCUT2D eigenvalue weighted by molar-refractivity contribution is -0.00205. The molecule has 2 saturated heterocycles. The molecule has 1 aliphatic carbocycles. The molecular formula is C15H26INO. The number of alkyl halides is 1. The van der Waals surface area contributed by atoms with Crippen LogP contribution in [0.3, 0.4) is 0 Å². The Morgan fingerprint density at radius 3 is 2.50 bits per heavy atom. The van der Waals surface area contributed by atoms with E-state index in [0.717, 1.165) is 21.8 Å². The number of hydrogen-bond donors (Lipinski definition) is 1. The fourth-order valence-corrected chi connectivity index (χ4v) is 5.64. The van der Waals surface area contributed by atoms with E-state index in [-0.39, 0.29) is 0 Å². The highest BCUT2D eigenvalue weighted by Crippen LogP contribution is 2.47. The van der Waals surface area contributed by atoms with Crippen LogP contribution in [0.15, 0.2) is 0 Å². The molecule has 0 radical (unpaired) electrons. The molecule has 3 rings (SSSR count). The van der Waals surface area contributed by atoms with Gasteiger partial charge in [-0.1, -0.05) is 22.6 Å². The lowest BCUT2D eigenvalue weighted by Gasteiger charge is -2.46. The summed E-state index contributed by atoms with van der Waals surface area (Å²) in [4.78, 5) is 2.57. The van der Waals surface area contributed by atoms with Crippen molar-refractivity contribution in [2.45, 2.75) is 61.0 Å². The third kappa shape index (κ3) is 2.35. The fourth-order valence-electron chi connectivity index (χ4n) is 4.92. The summed E-state index contributed by atoms with van der Waals surface area (Å²) in [7, 11) is 2.28. The zero-order chi connectivity index (χ0) is 12.7. The smallest absolute Gasteiger partial charge is 0.0477 e. The van der Waals surface area contributed by atoms with E-state index in [1.807, 2.05) is 0 Å². The molecule has 1 N–H and O–H groups in total. The van der Waals surface area contributed by atoms with Gasteiger partial charge >= 0.3 is 0 Å². The van der Waals surface area contributed by atoms with Crippen LogP contribution in [0, 0.1) is 17.8 Å². The molecule has 3 fully saturated rings. The Kier molecular flexibility index (Phi) is 4.21. The Hall–Kier alpha value is 0.650. The van der Waals surface area contributed by atoms with Gasteiger partial charge in [0.15, 0.2) is 0 Å². The minimum absolute atomic E-state index is 0.413. The number of fused-ring (bicyclic) bond motifs is 2. The number of piperidine rings is 1. The van der Waals surface area contributed by atoms with Crippen molar-refractivity contribution in [2.75, 3.05) is 13.7 Å². The maximum atomic E-state index is 9.85. The SMILES string of the molecule is CN1C2CC[C@@H]1C[C@H](C1CCC(I)CC1)C2CO. The van der Waals surface area contributed by atoms with Crippen LogP contribution in [-0.4, -0.2) is 39.7 Å². The molecule has 2 aliphatic heterocycles. The molecule has 18 heavy (non-hydrogen) atoms. The summed E-state index contributed by atoms with van der Waals surface area (Å²) < 4.78 is 0.911. The van der Waals surface area contributed by atoms with Crippen molar-refractivity contribution in [3.8, 4) is 0 Å². The standard InChI is InChI=1S/C15H26INO/c1-17-12-6-7-15(17)14(9-18)13(8-12)10-2-4-11(16)5-3-10/h10-15,18H,2-9H2,1H3/t10?,11?,12-,13-,14?,15?/m1/s1. The van der Waals surface area contributed by atoms with Crippen molar-refractivity contribution in [3.63, 3.8) is 0 Å². The quantitative estimate of drug-likeness (QED) is 0.602. The van der Waals surface area contributed by atoms with Crippen molar-refractivity contribution >= 4 is 22.6 Å². The van der Waals surface area contributed by atoms with E-state index in [4.69, 9.17) is 0 Å². The number of halogens is 1. The first-order chi connectivity index (χ1) is 8.70. The first kappa shape index (κ1) is 13.6. The molecule has 0 amide bonds. The Balaban J connectivity index is 1.71. The molecule has 4 atom stereocenters. The topological polar surface area (TPSA) is 23.5 Å². The van der Waals surface area contributed by atoms with Gasteiger partial charge in [0.1, 0.15) is 0 Å². The predicted octanol–water partition coefficient (Wildman–Crippen LogP) is 3.07. The van der Waals surface area contributed by atoms with Crippen molar-refractivity contribution < 1.29 is 5.11 Å². The number of aliphatic hydroxyl groups excluding tert-OH is 1. The normalized spacial score (nSPS) is 49.5. The van der Waals surface area contributed by atoms with E-state index in [0.29, 0.717) is 18.6 Å². The third-order valence-corrected chi connectivity index (χ3v) is 7.25. The van der Waals surface area contributed by atoms with Crippen molar-refractivity contribution in [1.82, 2.24) is 4.90 Å². The number of nitrogens with zero attached hydrogens (tertiary/aromatic N) is 1. The molecule has 104 valence electrons. The summed E-state index contributed by atoms with van der Waals surface area (Å²) >= 11 is 2.62. The van der Waals surface area contributed by atoms with Crippen LogP contribution in [-0.2, 0) is 0 Å². The summed E-state index contributed by atoms with van der Waals surface area (Å²) in [6, 6.07) is 1.50. The van der Waals surface area contributed by atoms with Gasteiger partial charge in [0.05, 0.1) is 0 Å². The molecule has 0 aromatic rings. The van der Waals surface area contributed by atoms with Crippen molar-refractivity contribution in [1.29, 1.82) is 0 Å². The number of hydrogen-bond acceptors (Lipinski definition) is 2. The van der Waals surface area contributed by atoms with Gasteiger partial charge in [-0.15, -0.1) is 0 Å². The summed E-state index contributed by atoms with van der Waals surface area (Å²) in [6.45, 7) is 0.413. The van der Waals surface area contributed by atoms with E-state index in [2.05, 4.69) is 34.5 Å². The maximum absolute atomic E-state index is 9.85. The average molecular weight is 363 g/mol. The van der Waals surface area contributed by atoms with E-state index in [1.54, 1.807) is 0 Å². The number of aliphatic hydroxyl groups is 1. The van der Waals surface area contributed by atoms with Gasteiger partial charge in [-0.05, 0) is 63.8 Å². The fraction of sp³-hybridized carbons (Fsp3) is 1.00. The molecule has 3 aliphatic rings. The van der Waals surface area contributed by atoms with Crippen LogP contribution >= 0.6 is 22.6 Å². The highest BCUT2D eigenvalue weighted by molar-refractivity contribution is 14.1. The van der Waals surface area contributed by atoms with Crippen LogP contribution in [0.25, 0.3) is 0 Å². The maximum Gasteiger partial charge on any atom is 0.0477 e. The predicted molar refractivity (Wildman–Crippen MR) is 83.0 cm³/mol. The molecule has 2 heterocycles. The highest BCUT2D eigenvalue weighted by atomic mass is 127. The first-order valence-electron chi connectivity index (χ1n) is 7.67. The van der Waals surface area contributed by atoms with Crippen LogP contribution < -0.4 is 0 Å². The minimum atomic E-state index is 0.413. The van der Waals surface area contributed by atoms with E-state index < -0.39 is 0 Å². The molecule has 2 bridgehead atoms. The van der Waals surface area contributed by atoms with Gasteiger partial charge in [-0.3, -0.25) is 0 Å². The lowest BCUT2D eigenvalue weighted by atomic mass is 9.68. The van der Waals surface area contributed by atoms with Gasteiger partial charge in [0, 0.05) is 28.5 Å². The molecule has 0 aromatic heterocycles. The first-order valence-corrected chi connectivity index (χ1v) is 8.92. The Labute approximate surface area is 125 Å². The molecular weight excluding hydrogens is 337 g/mol. The second kappa shape index (κ2) is 5.57. The largest absolute Gasteiger partial charge is 0.396 e. The number of rotatable bonds is 2. The van der Waals surface area contributed by atoms with Gasteiger partial charge in [0.2, 0.25) is 0 Å². The highest BCUT2D eigenvalue weighted by Gasteiger charge is 2.47. The Morgan fingerprint density at radius 1 is 1.11 bits per heavy atom. The van der Waals surface area contributed by atoms with Crippen LogP contribution in [0.5, 0.6) is 0 Å². The summed E-state index contributed by atoms with van der Waals surface area (Å²) in [5.74, 6) is 2.28. The summed E-state index contributed by atoms with van der Waals surface area (Å²) in [5, 5.41) is 9.85. The second-order valence-electron chi connectivity index (χ2n) is 6.72. The van der Waals surface area contributed by atoms with Crippen LogP contribution in [0.2, 0.25) is 0 Å². The second-order valence-corrected chi connectivity index (χ2v) is 8.48. The molecule has 0 aromatic carbocycles. The van der Waals surface area contributed by atoms with Crippen molar-refractivity contribution in [3.05, 3.63) is 0 Å². The van der Waals surface area contributed by atoms with Crippen LogP contribution in [0.1, 0.15) is 44.9 Å². The van der Waals surface area contributed by atoms with Gasteiger partial charge < -0.3 is 10.0 Å². The zero-order valence-corrected chi connectivity index (χ0v) is 13.6. The molecule has 2 nitrogen and oxygen atoms in total. The Bertz CT molecular complexity index is 290. The monoisotopic (exact) mass is 363 g/mol. The molecule has 0 spiro atoms. The van der Waals surface area contributed by atoms with E-state index in [1.165, 1.54) is 44.9 Å². The average Bonchev–Trinajstić information content (AvgIpc) is 2.63. The van der Waals surface area contributed by atoms with E-state index in [9.17, 15) is 5.11 Å². The van der Waals surface area contributed by atoms with E-state index >= 15 is 0 Å². The summed E-state index contributed by atoms with van der Waals surface area (Å²) in [5.41, 5.74) is 0. The van der Waals surface area contributed by atoms with Gasteiger partial charge in [-0.25, -0.2) is 0 Å². The zero-order valence-electron chi connectivity index (χ0n) is 11.4. The molecule has 2 unspecified atom stereocenters.